The molecule has 20 heavy (non-hydrogen) atoms. The minimum absolute atomic E-state index is 0.324. The standard InChI is InChI=1S/C17H26N2S/c20-15(19-17-8-3-14(12-17)4-9-17)5-10-18-16-6-1-13(11-16)2-7-16/h10,13-14H,1-9,11-12H2,(H,19,20). The third-order valence-electron chi connectivity index (χ3n) is 6.49. The molecule has 4 aliphatic carbocycles. The molecule has 3 heteroatoms. The van der Waals surface area contributed by atoms with Gasteiger partial charge in [0.2, 0.25) is 0 Å². The summed E-state index contributed by atoms with van der Waals surface area (Å²) >= 11 is 5.57. The molecule has 0 aromatic heterocycles. The number of hydrogen-bond donors (Lipinski definition) is 1. The Kier molecular flexibility index (Phi) is 3.17. The van der Waals surface area contributed by atoms with Crippen molar-refractivity contribution in [1.82, 2.24) is 5.32 Å². The molecule has 0 heterocycles. The first-order chi connectivity index (χ1) is 9.67. The lowest BCUT2D eigenvalue weighted by Crippen LogP contribution is -2.44. The molecule has 0 aliphatic heterocycles. The summed E-state index contributed by atoms with van der Waals surface area (Å²) in [6.07, 6.45) is 16.6. The average molecular weight is 290 g/mol. The first-order valence-corrected chi connectivity index (χ1v) is 8.93. The van der Waals surface area contributed by atoms with Gasteiger partial charge < -0.3 is 5.32 Å². The van der Waals surface area contributed by atoms with Crippen LogP contribution in [-0.2, 0) is 0 Å². The molecule has 2 nitrogen and oxygen atoms in total. The fourth-order valence-electron chi connectivity index (χ4n) is 5.38. The van der Waals surface area contributed by atoms with E-state index in [2.05, 4.69) is 11.5 Å². The average Bonchev–Trinajstić information content (AvgIpc) is 3.17. The van der Waals surface area contributed by atoms with E-state index in [1.54, 1.807) is 0 Å². The third-order valence-corrected chi connectivity index (χ3v) is 6.76. The molecule has 0 aromatic carbocycles. The Morgan fingerprint density at radius 1 is 1.05 bits per heavy atom. The summed E-state index contributed by atoms with van der Waals surface area (Å²) in [6.45, 7) is 0. The largest absolute Gasteiger partial charge is 0.374 e. The predicted molar refractivity (Wildman–Crippen MR) is 87.5 cm³/mol. The zero-order valence-corrected chi connectivity index (χ0v) is 13.2. The van der Waals surface area contributed by atoms with Crippen LogP contribution in [0.1, 0.15) is 70.6 Å². The summed E-state index contributed by atoms with van der Waals surface area (Å²) < 4.78 is 0. The van der Waals surface area contributed by atoms with E-state index in [4.69, 9.17) is 17.2 Å². The van der Waals surface area contributed by atoms with Crippen molar-refractivity contribution in [3.05, 3.63) is 0 Å². The van der Waals surface area contributed by atoms with Gasteiger partial charge in [0.15, 0.2) is 0 Å². The highest BCUT2D eigenvalue weighted by Crippen LogP contribution is 2.50. The maximum absolute atomic E-state index is 5.57. The van der Waals surface area contributed by atoms with Crippen molar-refractivity contribution in [2.75, 3.05) is 0 Å². The highest BCUT2D eigenvalue weighted by Gasteiger charge is 2.45. The Labute approximate surface area is 127 Å². The van der Waals surface area contributed by atoms with E-state index in [0.29, 0.717) is 11.1 Å². The molecular weight excluding hydrogens is 264 g/mol. The van der Waals surface area contributed by atoms with E-state index < -0.39 is 0 Å². The molecule has 0 unspecified atom stereocenters. The monoisotopic (exact) mass is 290 g/mol. The minimum Gasteiger partial charge on any atom is -0.374 e. The van der Waals surface area contributed by atoms with Crippen LogP contribution in [0.2, 0.25) is 0 Å². The summed E-state index contributed by atoms with van der Waals surface area (Å²) in [5.74, 6) is 1.96. The van der Waals surface area contributed by atoms with Crippen LogP contribution >= 0.6 is 12.2 Å². The molecule has 0 saturated heterocycles. The van der Waals surface area contributed by atoms with Crippen LogP contribution in [0.25, 0.3) is 0 Å². The Balaban J connectivity index is 1.30. The predicted octanol–water partition coefficient (Wildman–Crippen LogP) is 4.03. The van der Waals surface area contributed by atoms with Crippen LogP contribution in [0, 0.1) is 11.8 Å². The molecule has 0 radical (unpaired) electrons. The highest BCUT2D eigenvalue weighted by molar-refractivity contribution is 7.80. The van der Waals surface area contributed by atoms with E-state index >= 15 is 0 Å². The van der Waals surface area contributed by atoms with E-state index in [9.17, 15) is 0 Å². The van der Waals surface area contributed by atoms with Crippen LogP contribution in [0.3, 0.4) is 0 Å². The van der Waals surface area contributed by atoms with Gasteiger partial charge in [0, 0.05) is 18.2 Å². The molecule has 4 rings (SSSR count). The van der Waals surface area contributed by atoms with E-state index in [0.717, 1.165) is 23.2 Å². The van der Waals surface area contributed by atoms with E-state index in [1.165, 1.54) is 64.2 Å². The van der Waals surface area contributed by atoms with Crippen molar-refractivity contribution < 1.29 is 0 Å². The van der Waals surface area contributed by atoms with Crippen molar-refractivity contribution >= 4 is 23.4 Å². The molecule has 1 N–H and O–H groups in total. The molecule has 0 amide bonds. The molecule has 4 fully saturated rings. The van der Waals surface area contributed by atoms with Gasteiger partial charge in [-0.05, 0) is 76.0 Å². The van der Waals surface area contributed by atoms with Crippen LogP contribution in [0.4, 0.5) is 0 Å². The molecule has 0 spiro atoms. The summed E-state index contributed by atoms with van der Waals surface area (Å²) in [7, 11) is 0. The SMILES string of the molecule is S=C(CC=NC12CCC(CC1)C2)NC12CCC(CC1)C2. The lowest BCUT2D eigenvalue weighted by molar-refractivity contribution is 0.380. The first kappa shape index (κ1) is 13.2. The topological polar surface area (TPSA) is 24.4 Å². The highest BCUT2D eigenvalue weighted by atomic mass is 32.1. The Hall–Kier alpha value is -0.440. The van der Waals surface area contributed by atoms with Crippen LogP contribution in [-0.4, -0.2) is 22.3 Å². The minimum atomic E-state index is 0.324. The number of nitrogens with one attached hydrogen (secondary N) is 1. The smallest absolute Gasteiger partial charge is 0.0811 e. The lowest BCUT2D eigenvalue weighted by Gasteiger charge is -2.29. The van der Waals surface area contributed by atoms with Crippen molar-refractivity contribution in [2.45, 2.75) is 81.7 Å². The number of hydrogen-bond acceptors (Lipinski definition) is 2. The molecule has 4 aliphatic rings. The Morgan fingerprint density at radius 3 is 2.25 bits per heavy atom. The van der Waals surface area contributed by atoms with Gasteiger partial charge in [-0.2, -0.15) is 0 Å². The Bertz CT molecular complexity index is 426. The van der Waals surface area contributed by atoms with Gasteiger partial charge in [0.25, 0.3) is 0 Å². The van der Waals surface area contributed by atoms with Gasteiger partial charge in [-0.1, -0.05) is 12.2 Å². The quantitative estimate of drug-likeness (QED) is 0.624. The fraction of sp³-hybridized carbons (Fsp3) is 0.882. The number of rotatable bonds is 4. The molecule has 4 saturated carbocycles. The first-order valence-electron chi connectivity index (χ1n) is 8.52. The van der Waals surface area contributed by atoms with E-state index in [-0.39, 0.29) is 0 Å². The van der Waals surface area contributed by atoms with Crippen molar-refractivity contribution in [1.29, 1.82) is 0 Å². The molecule has 0 aromatic rings. The normalized spacial score (nSPS) is 45.6. The second-order valence-corrected chi connectivity index (χ2v) is 8.36. The number of aliphatic imine (C=N–C) groups is 1. The van der Waals surface area contributed by atoms with Crippen LogP contribution < -0.4 is 5.32 Å². The van der Waals surface area contributed by atoms with Gasteiger partial charge in [0.05, 0.1) is 10.5 Å². The van der Waals surface area contributed by atoms with Gasteiger partial charge in [-0.15, -0.1) is 0 Å². The van der Waals surface area contributed by atoms with Gasteiger partial charge >= 0.3 is 0 Å². The van der Waals surface area contributed by atoms with Crippen LogP contribution in [0.5, 0.6) is 0 Å². The Morgan fingerprint density at radius 2 is 1.70 bits per heavy atom. The van der Waals surface area contributed by atoms with Crippen molar-refractivity contribution in [2.24, 2.45) is 16.8 Å². The third kappa shape index (κ3) is 2.32. The number of fused-ring (bicyclic) bond motifs is 4. The lowest BCUT2D eigenvalue weighted by atomic mass is 9.93. The number of thiocarbonyl (C=S) groups is 1. The second-order valence-electron chi connectivity index (χ2n) is 7.86. The summed E-state index contributed by atoms with van der Waals surface area (Å²) in [6, 6.07) is 0. The van der Waals surface area contributed by atoms with Crippen LogP contribution in [0.15, 0.2) is 4.99 Å². The fourth-order valence-corrected chi connectivity index (χ4v) is 5.67. The molecule has 110 valence electrons. The summed E-state index contributed by atoms with van der Waals surface area (Å²) in [5.41, 5.74) is 0.698. The molecule has 0 atom stereocenters. The molecule has 4 bridgehead atoms. The van der Waals surface area contributed by atoms with Crippen molar-refractivity contribution in [3.8, 4) is 0 Å². The maximum atomic E-state index is 5.57. The summed E-state index contributed by atoms with van der Waals surface area (Å²) in [4.78, 5) is 5.96. The van der Waals surface area contributed by atoms with Gasteiger partial charge in [-0.3, -0.25) is 4.99 Å². The number of nitrogens with zero attached hydrogens (tertiary/aromatic N) is 1. The van der Waals surface area contributed by atoms with Crippen molar-refractivity contribution in [3.63, 3.8) is 0 Å². The molecular formula is C17H26N2S. The maximum Gasteiger partial charge on any atom is 0.0811 e. The zero-order valence-electron chi connectivity index (χ0n) is 12.4. The van der Waals surface area contributed by atoms with E-state index in [1.807, 2.05) is 0 Å². The van der Waals surface area contributed by atoms with Gasteiger partial charge in [0.1, 0.15) is 0 Å². The summed E-state index contributed by atoms with van der Waals surface area (Å²) in [5, 5.41) is 3.69. The zero-order chi connectivity index (χ0) is 13.6. The second kappa shape index (κ2) is 4.79. The van der Waals surface area contributed by atoms with Gasteiger partial charge in [-0.25, -0.2) is 0 Å².